The topological polar surface area (TPSA) is 96.4 Å². The molecule has 0 aliphatic heterocycles. The van der Waals surface area contributed by atoms with Gasteiger partial charge in [-0.05, 0) is 12.1 Å². The van der Waals surface area contributed by atoms with Gasteiger partial charge in [0.1, 0.15) is 6.09 Å². The van der Waals surface area contributed by atoms with Gasteiger partial charge in [0.25, 0.3) is 0 Å². The summed E-state index contributed by atoms with van der Waals surface area (Å²) >= 11 is 0. The number of nitrogens with one attached hydrogen (secondary N) is 1. The second-order valence-electron chi connectivity index (χ2n) is 3.73. The fourth-order valence-electron chi connectivity index (χ4n) is 1.63. The van der Waals surface area contributed by atoms with E-state index in [2.05, 4.69) is 15.3 Å². The number of carboxylic acid groups (broad SMARTS) is 1. The van der Waals surface area contributed by atoms with Gasteiger partial charge in [-0.25, -0.2) is 0 Å². The normalized spacial score (nSPS) is 9.90. The smallest absolute Gasteiger partial charge is 0.220 e. The fourth-order valence-corrected chi connectivity index (χ4v) is 1.63. The molecule has 7 nitrogen and oxygen atoms in total. The van der Waals surface area contributed by atoms with Crippen LogP contribution in [0.1, 0.15) is 0 Å². The molecule has 0 bridgehead atoms. The Hall–Kier alpha value is -2.83. The van der Waals surface area contributed by atoms with Crippen LogP contribution in [0.5, 0.6) is 11.8 Å². The van der Waals surface area contributed by atoms with Gasteiger partial charge >= 0.3 is 0 Å². The van der Waals surface area contributed by atoms with Crippen LogP contribution in [0.25, 0.3) is 11.4 Å². The number of aromatic nitrogens is 2. The molecule has 0 spiro atoms. The lowest BCUT2D eigenvalue weighted by molar-refractivity contribution is -0.242. The predicted molar refractivity (Wildman–Crippen MR) is 69.6 cm³/mol. The number of methoxy groups -OCH3 is 2. The lowest BCUT2D eigenvalue weighted by Crippen LogP contribution is -2.29. The fraction of sp³-hybridized carbons (Fsp3) is 0.154. The highest BCUT2D eigenvalue weighted by Gasteiger charge is 2.11. The summed E-state index contributed by atoms with van der Waals surface area (Å²) in [6, 6.07) is 8.22. The largest absolute Gasteiger partial charge is 0.530 e. The maximum Gasteiger partial charge on any atom is 0.220 e. The van der Waals surface area contributed by atoms with E-state index in [-0.39, 0.29) is 5.82 Å². The van der Waals surface area contributed by atoms with Crippen molar-refractivity contribution >= 4 is 11.8 Å². The second kappa shape index (κ2) is 5.87. The molecule has 1 heterocycles. The Labute approximate surface area is 115 Å². The molecule has 104 valence electrons. The van der Waals surface area contributed by atoms with Gasteiger partial charge in [-0.2, -0.15) is 9.97 Å². The van der Waals surface area contributed by atoms with Crippen LogP contribution in [0, 0.1) is 0 Å². The average molecular weight is 274 g/mol. The minimum atomic E-state index is -1.41. The Morgan fingerprint density at radius 2 is 1.75 bits per heavy atom. The van der Waals surface area contributed by atoms with Crippen molar-refractivity contribution in [3.8, 4) is 23.1 Å². The molecule has 0 unspecified atom stereocenters. The maximum absolute atomic E-state index is 10.7. The zero-order chi connectivity index (χ0) is 14.5. The minimum absolute atomic E-state index is 0.283. The monoisotopic (exact) mass is 274 g/mol. The van der Waals surface area contributed by atoms with Gasteiger partial charge in [0.2, 0.25) is 11.8 Å². The molecule has 0 fully saturated rings. The third kappa shape index (κ3) is 2.94. The van der Waals surface area contributed by atoms with E-state index in [4.69, 9.17) is 9.47 Å². The molecule has 7 heteroatoms. The van der Waals surface area contributed by atoms with Crippen molar-refractivity contribution in [2.24, 2.45) is 0 Å². The van der Waals surface area contributed by atoms with E-state index >= 15 is 0 Å². The van der Waals surface area contributed by atoms with Crippen LogP contribution in [0.15, 0.2) is 30.3 Å². The molecule has 0 saturated carbocycles. The summed E-state index contributed by atoms with van der Waals surface area (Å²) in [5, 5.41) is 12.9. The lowest BCUT2D eigenvalue weighted by Gasteiger charge is -2.12. The van der Waals surface area contributed by atoms with Gasteiger partial charge in [-0.3, -0.25) is 0 Å². The number of carbonyl (C=O) groups excluding carboxylic acids is 1. The van der Waals surface area contributed by atoms with E-state index in [9.17, 15) is 9.90 Å². The van der Waals surface area contributed by atoms with E-state index in [1.54, 1.807) is 24.3 Å². The molecule has 0 atom stereocenters. The highest BCUT2D eigenvalue weighted by molar-refractivity contribution is 5.88. The van der Waals surface area contributed by atoms with E-state index in [0.717, 1.165) is 0 Å². The highest BCUT2D eigenvalue weighted by Crippen LogP contribution is 2.28. The van der Waals surface area contributed by atoms with Gasteiger partial charge in [0.15, 0.2) is 5.82 Å². The van der Waals surface area contributed by atoms with E-state index < -0.39 is 6.09 Å². The van der Waals surface area contributed by atoms with E-state index in [1.165, 1.54) is 20.3 Å². The molecule has 0 aliphatic rings. The quantitative estimate of drug-likeness (QED) is 0.890. The first-order valence-electron chi connectivity index (χ1n) is 5.68. The third-order valence-electron chi connectivity index (χ3n) is 2.50. The predicted octanol–water partition coefficient (Wildman–Crippen LogP) is 0.916. The summed E-state index contributed by atoms with van der Waals surface area (Å²) in [5.41, 5.74) is 0.816. The van der Waals surface area contributed by atoms with Crippen molar-refractivity contribution in [2.45, 2.75) is 0 Å². The summed E-state index contributed by atoms with van der Waals surface area (Å²) in [5.74, 6) is 0.913. The number of rotatable bonds is 4. The van der Waals surface area contributed by atoms with Crippen molar-refractivity contribution in [3.05, 3.63) is 30.3 Å². The lowest BCUT2D eigenvalue weighted by atomic mass is 10.1. The van der Waals surface area contributed by atoms with Crippen LogP contribution >= 0.6 is 0 Å². The van der Waals surface area contributed by atoms with Crippen LogP contribution in [-0.4, -0.2) is 30.3 Å². The molecule has 1 aromatic carbocycles. The highest BCUT2D eigenvalue weighted by atomic mass is 16.5. The first-order chi connectivity index (χ1) is 9.63. The van der Waals surface area contributed by atoms with Gasteiger partial charge in [-0.15, -0.1) is 0 Å². The summed E-state index contributed by atoms with van der Waals surface area (Å²) in [4.78, 5) is 19.0. The Bertz CT molecular complexity index is 609. The third-order valence-corrected chi connectivity index (χ3v) is 2.50. The van der Waals surface area contributed by atoms with Crippen LogP contribution in [-0.2, 0) is 0 Å². The molecule has 1 aromatic heterocycles. The van der Waals surface area contributed by atoms with Crippen molar-refractivity contribution in [2.75, 3.05) is 19.5 Å². The van der Waals surface area contributed by atoms with Crippen LogP contribution in [0.3, 0.4) is 0 Å². The molecule has 20 heavy (non-hydrogen) atoms. The molecule has 0 saturated heterocycles. The summed E-state index contributed by atoms with van der Waals surface area (Å²) < 4.78 is 10.1. The Balaban J connectivity index is 2.53. The van der Waals surface area contributed by atoms with E-state index in [0.29, 0.717) is 23.0 Å². The number of anilines is 1. The number of hydrogen-bond donors (Lipinski definition) is 1. The van der Waals surface area contributed by atoms with Crippen LogP contribution in [0.4, 0.5) is 10.5 Å². The number of benzene rings is 1. The van der Waals surface area contributed by atoms with E-state index in [1.807, 2.05) is 0 Å². The molecule has 0 aliphatic carbocycles. The summed E-state index contributed by atoms with van der Waals surface area (Å²) in [6.07, 6.45) is -1.41. The minimum Gasteiger partial charge on any atom is -0.530 e. The zero-order valence-electron chi connectivity index (χ0n) is 10.9. The van der Waals surface area contributed by atoms with Crippen molar-refractivity contribution in [1.82, 2.24) is 9.97 Å². The van der Waals surface area contributed by atoms with Crippen molar-refractivity contribution < 1.29 is 19.4 Å². The molecule has 2 rings (SSSR count). The number of para-hydroxylation sites is 1. The zero-order valence-corrected chi connectivity index (χ0v) is 10.9. The van der Waals surface area contributed by atoms with Gasteiger partial charge in [-0.1, -0.05) is 12.1 Å². The van der Waals surface area contributed by atoms with Crippen molar-refractivity contribution in [3.63, 3.8) is 0 Å². The maximum atomic E-state index is 10.7. The Morgan fingerprint density at radius 1 is 1.15 bits per heavy atom. The first-order valence-corrected chi connectivity index (χ1v) is 5.68. The standard InChI is InChI=1S/C13H13N3O4/c1-19-10-7-11(20-2)16-12(15-10)8-5-3-4-6-9(8)14-13(17)18/h3-7,14H,1-2H3,(H,17,18)/p-1. The van der Waals surface area contributed by atoms with Gasteiger partial charge < -0.3 is 24.7 Å². The van der Waals surface area contributed by atoms with Gasteiger partial charge in [0, 0.05) is 5.56 Å². The number of amides is 1. The molecule has 0 radical (unpaired) electrons. The first kappa shape index (κ1) is 13.6. The van der Waals surface area contributed by atoms with Crippen LogP contribution in [0.2, 0.25) is 0 Å². The molecule has 2 aromatic rings. The van der Waals surface area contributed by atoms with Gasteiger partial charge in [0.05, 0.1) is 26.0 Å². The average Bonchev–Trinajstić information content (AvgIpc) is 2.46. The summed E-state index contributed by atoms with van der Waals surface area (Å²) in [6.45, 7) is 0. The summed E-state index contributed by atoms with van der Waals surface area (Å²) in [7, 11) is 2.94. The molecule has 1 amide bonds. The Morgan fingerprint density at radius 3 is 2.30 bits per heavy atom. The Kier molecular flexibility index (Phi) is 3.99. The second-order valence-corrected chi connectivity index (χ2v) is 3.73. The number of nitrogens with zero attached hydrogens (tertiary/aromatic N) is 2. The number of ether oxygens (including phenoxy) is 2. The number of carbonyl (C=O) groups is 1. The molecular formula is C13H12N3O4-. The number of hydrogen-bond acceptors (Lipinski definition) is 6. The van der Waals surface area contributed by atoms with Crippen molar-refractivity contribution in [1.29, 1.82) is 0 Å². The van der Waals surface area contributed by atoms with Crippen LogP contribution < -0.4 is 19.9 Å². The molecular weight excluding hydrogens is 262 g/mol. The SMILES string of the molecule is COc1cc(OC)nc(-c2ccccc2NC(=O)[O-])n1. The molecule has 1 N–H and O–H groups in total.